The maximum atomic E-state index is 12.0. The number of rotatable bonds is 2. The Morgan fingerprint density at radius 2 is 1.96 bits per heavy atom. The molecular weight excluding hydrogens is 298 g/mol. The number of amides is 2. The van der Waals surface area contributed by atoms with Crippen molar-refractivity contribution in [1.29, 1.82) is 0 Å². The summed E-state index contributed by atoms with van der Waals surface area (Å²) in [4.78, 5) is 13.8. The van der Waals surface area contributed by atoms with E-state index in [2.05, 4.69) is 66.9 Å². The van der Waals surface area contributed by atoms with Crippen molar-refractivity contribution in [3.05, 3.63) is 59.7 Å². The fourth-order valence-electron chi connectivity index (χ4n) is 3.88. The highest BCUT2D eigenvalue weighted by Gasteiger charge is 2.36. The van der Waals surface area contributed by atoms with E-state index >= 15 is 0 Å². The molecule has 0 radical (unpaired) electrons. The third-order valence-corrected chi connectivity index (χ3v) is 5.12. The van der Waals surface area contributed by atoms with E-state index in [0.29, 0.717) is 6.54 Å². The first-order chi connectivity index (χ1) is 11.5. The zero-order chi connectivity index (χ0) is 16.7. The molecular formula is C20H23N3O. The van der Waals surface area contributed by atoms with Gasteiger partial charge >= 0.3 is 6.03 Å². The van der Waals surface area contributed by atoms with Crippen LogP contribution in [0.4, 0.5) is 16.2 Å². The van der Waals surface area contributed by atoms with E-state index in [1.807, 2.05) is 11.0 Å². The Morgan fingerprint density at radius 1 is 1.12 bits per heavy atom. The van der Waals surface area contributed by atoms with Gasteiger partial charge in [-0.15, -0.1) is 0 Å². The lowest BCUT2D eigenvalue weighted by atomic mass is 9.73. The number of benzene rings is 2. The number of carbonyl (C=O) groups excluding carboxylic acids is 1. The lowest BCUT2D eigenvalue weighted by Gasteiger charge is -2.41. The maximum absolute atomic E-state index is 12.0. The normalized spacial score (nSPS) is 21.8. The summed E-state index contributed by atoms with van der Waals surface area (Å²) < 4.78 is 0. The van der Waals surface area contributed by atoms with Crippen LogP contribution in [0.15, 0.2) is 48.5 Å². The zero-order valence-electron chi connectivity index (χ0n) is 14.2. The van der Waals surface area contributed by atoms with Gasteiger partial charge in [-0.25, -0.2) is 4.79 Å². The van der Waals surface area contributed by atoms with Gasteiger partial charge in [-0.2, -0.15) is 0 Å². The van der Waals surface area contributed by atoms with Crippen molar-refractivity contribution in [1.82, 2.24) is 5.32 Å². The van der Waals surface area contributed by atoms with E-state index in [0.717, 1.165) is 18.7 Å². The average molecular weight is 321 g/mol. The fourth-order valence-corrected chi connectivity index (χ4v) is 3.88. The topological polar surface area (TPSA) is 44.4 Å². The van der Waals surface area contributed by atoms with Crippen LogP contribution in [0.5, 0.6) is 0 Å². The van der Waals surface area contributed by atoms with Gasteiger partial charge in [0, 0.05) is 24.5 Å². The predicted octanol–water partition coefficient (Wildman–Crippen LogP) is 3.95. The van der Waals surface area contributed by atoms with E-state index in [9.17, 15) is 4.79 Å². The van der Waals surface area contributed by atoms with E-state index < -0.39 is 0 Å². The van der Waals surface area contributed by atoms with Crippen molar-refractivity contribution in [2.75, 3.05) is 23.3 Å². The third-order valence-electron chi connectivity index (χ3n) is 5.12. The molecule has 2 aliphatic rings. The molecule has 2 N–H and O–H groups in total. The SMILES string of the molecule is CC1(C)Cc2ccccc2NC1c1cccc(N2CCNC2=O)c1. The van der Waals surface area contributed by atoms with Crippen LogP contribution in [0.25, 0.3) is 0 Å². The van der Waals surface area contributed by atoms with Crippen LogP contribution in [-0.4, -0.2) is 19.1 Å². The zero-order valence-corrected chi connectivity index (χ0v) is 14.2. The molecule has 0 aromatic heterocycles. The first kappa shape index (κ1) is 15.1. The van der Waals surface area contributed by atoms with E-state index in [1.165, 1.54) is 16.8 Å². The lowest BCUT2D eigenvalue weighted by Crippen LogP contribution is -2.35. The highest BCUT2D eigenvalue weighted by Crippen LogP contribution is 2.45. The Labute approximate surface area is 142 Å². The second kappa shape index (κ2) is 5.55. The van der Waals surface area contributed by atoms with Gasteiger partial charge in [0.25, 0.3) is 0 Å². The molecule has 2 aromatic rings. The molecule has 2 aromatic carbocycles. The molecule has 1 atom stereocenters. The highest BCUT2D eigenvalue weighted by molar-refractivity contribution is 5.94. The van der Waals surface area contributed by atoms with Gasteiger partial charge < -0.3 is 10.6 Å². The summed E-state index contributed by atoms with van der Waals surface area (Å²) >= 11 is 0. The summed E-state index contributed by atoms with van der Waals surface area (Å²) in [6, 6.07) is 17.1. The Hall–Kier alpha value is -2.49. The van der Waals surface area contributed by atoms with Gasteiger partial charge in [-0.3, -0.25) is 4.90 Å². The summed E-state index contributed by atoms with van der Waals surface area (Å²) in [7, 11) is 0. The van der Waals surface area contributed by atoms with Crippen molar-refractivity contribution >= 4 is 17.4 Å². The molecule has 0 aliphatic carbocycles. The quantitative estimate of drug-likeness (QED) is 0.879. The largest absolute Gasteiger partial charge is 0.377 e. The van der Waals surface area contributed by atoms with Crippen molar-refractivity contribution in [2.45, 2.75) is 26.3 Å². The summed E-state index contributed by atoms with van der Waals surface area (Å²) in [6.45, 7) is 6.04. The summed E-state index contributed by atoms with van der Waals surface area (Å²) in [5, 5.41) is 6.58. The van der Waals surface area contributed by atoms with Crippen LogP contribution in [0.2, 0.25) is 0 Å². The van der Waals surface area contributed by atoms with Gasteiger partial charge in [-0.1, -0.05) is 44.2 Å². The predicted molar refractivity (Wildman–Crippen MR) is 97.5 cm³/mol. The number of carbonyl (C=O) groups is 1. The Morgan fingerprint density at radius 3 is 2.75 bits per heavy atom. The molecule has 24 heavy (non-hydrogen) atoms. The summed E-state index contributed by atoms with van der Waals surface area (Å²) in [5.74, 6) is 0. The number of urea groups is 1. The molecule has 4 heteroatoms. The molecule has 0 saturated carbocycles. The van der Waals surface area contributed by atoms with Crippen molar-refractivity contribution < 1.29 is 4.79 Å². The maximum Gasteiger partial charge on any atom is 0.321 e. The van der Waals surface area contributed by atoms with Crippen molar-refractivity contribution in [2.24, 2.45) is 5.41 Å². The molecule has 124 valence electrons. The number of anilines is 2. The first-order valence-electron chi connectivity index (χ1n) is 8.54. The second-order valence-corrected chi connectivity index (χ2v) is 7.38. The molecule has 2 amide bonds. The standard InChI is InChI=1S/C20H23N3O/c1-20(2)13-15-6-3-4-9-17(15)22-18(20)14-7-5-8-16(12-14)23-11-10-21-19(23)24/h3-9,12,18,22H,10-11,13H2,1-2H3,(H,21,24). The molecule has 1 unspecified atom stereocenters. The lowest BCUT2D eigenvalue weighted by molar-refractivity contribution is 0.252. The van der Waals surface area contributed by atoms with Crippen LogP contribution in [0.1, 0.15) is 31.0 Å². The van der Waals surface area contributed by atoms with Crippen molar-refractivity contribution in [3.8, 4) is 0 Å². The number of nitrogens with one attached hydrogen (secondary N) is 2. The fraction of sp³-hybridized carbons (Fsp3) is 0.350. The molecule has 0 spiro atoms. The summed E-state index contributed by atoms with van der Waals surface area (Å²) in [5.41, 5.74) is 4.88. The number of nitrogens with zero attached hydrogens (tertiary/aromatic N) is 1. The van der Waals surface area contributed by atoms with E-state index in [1.54, 1.807) is 0 Å². The third kappa shape index (κ3) is 2.52. The number of hydrogen-bond acceptors (Lipinski definition) is 2. The molecule has 4 nitrogen and oxygen atoms in total. The minimum absolute atomic E-state index is 0.00615. The average Bonchev–Trinajstić information content (AvgIpc) is 2.99. The molecule has 2 heterocycles. The minimum atomic E-state index is -0.00615. The van der Waals surface area contributed by atoms with Gasteiger partial charge in [0.15, 0.2) is 0 Å². The van der Waals surface area contributed by atoms with Crippen LogP contribution in [-0.2, 0) is 6.42 Å². The summed E-state index contributed by atoms with van der Waals surface area (Å²) in [6.07, 6.45) is 1.04. The highest BCUT2D eigenvalue weighted by atomic mass is 16.2. The van der Waals surface area contributed by atoms with Crippen molar-refractivity contribution in [3.63, 3.8) is 0 Å². The number of para-hydroxylation sites is 1. The van der Waals surface area contributed by atoms with E-state index in [-0.39, 0.29) is 17.5 Å². The van der Waals surface area contributed by atoms with Gasteiger partial charge in [0.1, 0.15) is 0 Å². The van der Waals surface area contributed by atoms with Crippen LogP contribution < -0.4 is 15.5 Å². The Balaban J connectivity index is 1.69. The van der Waals surface area contributed by atoms with Crippen LogP contribution in [0.3, 0.4) is 0 Å². The molecule has 1 fully saturated rings. The van der Waals surface area contributed by atoms with Crippen LogP contribution in [0, 0.1) is 5.41 Å². The molecule has 2 aliphatic heterocycles. The van der Waals surface area contributed by atoms with Gasteiger partial charge in [0.2, 0.25) is 0 Å². The van der Waals surface area contributed by atoms with E-state index in [4.69, 9.17) is 0 Å². The van der Waals surface area contributed by atoms with Gasteiger partial charge in [-0.05, 0) is 41.2 Å². The number of fused-ring (bicyclic) bond motifs is 1. The monoisotopic (exact) mass is 321 g/mol. The minimum Gasteiger partial charge on any atom is -0.377 e. The molecule has 0 bridgehead atoms. The Kier molecular flexibility index (Phi) is 3.48. The second-order valence-electron chi connectivity index (χ2n) is 7.38. The van der Waals surface area contributed by atoms with Crippen LogP contribution >= 0.6 is 0 Å². The smallest absolute Gasteiger partial charge is 0.321 e. The molecule has 1 saturated heterocycles. The Bertz CT molecular complexity index is 784. The first-order valence-corrected chi connectivity index (χ1v) is 8.54. The number of hydrogen-bond donors (Lipinski definition) is 2. The molecule has 4 rings (SSSR count). The van der Waals surface area contributed by atoms with Gasteiger partial charge in [0.05, 0.1) is 6.04 Å².